The van der Waals surface area contributed by atoms with Crippen LogP contribution in [0.15, 0.2) is 102 Å². The van der Waals surface area contributed by atoms with Crippen molar-refractivity contribution >= 4 is 51.1 Å². The van der Waals surface area contributed by atoms with Crippen LogP contribution in [0.3, 0.4) is 0 Å². The van der Waals surface area contributed by atoms with Gasteiger partial charge in [0.25, 0.3) is 5.91 Å². The number of hydrogen-bond donors (Lipinski definition) is 1. The highest BCUT2D eigenvalue weighted by Crippen LogP contribution is 2.37. The van der Waals surface area contributed by atoms with Gasteiger partial charge in [-0.15, -0.1) is 11.3 Å². The molecule has 1 amide bonds. The molecule has 0 saturated heterocycles. The van der Waals surface area contributed by atoms with Crippen LogP contribution < -0.4 is 19.6 Å². The molecule has 5 aromatic rings. The topological polar surface area (TPSA) is 86.2 Å². The van der Waals surface area contributed by atoms with Gasteiger partial charge in [0.05, 0.1) is 23.9 Å². The number of nitrogens with one attached hydrogen (secondary N) is 1. The number of esters is 1. The molecule has 200 valence electrons. The lowest BCUT2D eigenvalue weighted by Crippen LogP contribution is -2.18. The van der Waals surface area contributed by atoms with Crippen LogP contribution in [0.4, 0.5) is 0 Å². The van der Waals surface area contributed by atoms with Gasteiger partial charge >= 0.3 is 5.97 Å². The van der Waals surface area contributed by atoms with E-state index >= 15 is 0 Å². The van der Waals surface area contributed by atoms with Crippen LogP contribution in [-0.2, 0) is 6.61 Å². The van der Waals surface area contributed by atoms with E-state index in [2.05, 4.69) is 10.5 Å². The van der Waals surface area contributed by atoms with Crippen molar-refractivity contribution in [2.75, 3.05) is 7.11 Å². The first kappa shape index (κ1) is 26.9. The Kier molecular flexibility index (Phi) is 8.39. The van der Waals surface area contributed by atoms with Gasteiger partial charge in [-0.1, -0.05) is 72.3 Å². The number of halogens is 1. The predicted octanol–water partition coefficient (Wildman–Crippen LogP) is 7.13. The van der Waals surface area contributed by atoms with Gasteiger partial charge in [-0.05, 0) is 47.5 Å². The molecule has 0 spiro atoms. The summed E-state index contributed by atoms with van der Waals surface area (Å²) in [7, 11) is 1.47. The van der Waals surface area contributed by atoms with Gasteiger partial charge < -0.3 is 14.2 Å². The van der Waals surface area contributed by atoms with Crippen LogP contribution in [0.25, 0.3) is 10.1 Å². The number of amides is 1. The highest BCUT2D eigenvalue weighted by molar-refractivity contribution is 7.21. The Labute approximate surface area is 239 Å². The fourth-order valence-corrected chi connectivity index (χ4v) is 5.27. The second-order valence-electron chi connectivity index (χ2n) is 8.51. The monoisotopic (exact) mass is 570 g/mol. The standard InChI is InChI=1S/C31H23ClN2O5S/c1-37-26-17-21(15-16-25(26)39-31(36)29-28(32)23-12-6-8-14-27(23)40-29)18-33-34-30(35)22-11-5-7-13-24(22)38-19-20-9-3-2-4-10-20/h2-18H,19H2,1H3,(H,34,35)/b33-18+. The van der Waals surface area contributed by atoms with Crippen LogP contribution in [-0.4, -0.2) is 25.2 Å². The maximum atomic E-state index is 12.9. The summed E-state index contributed by atoms with van der Waals surface area (Å²) in [6, 6.07) is 29.1. The molecule has 0 unspecified atom stereocenters. The Hall–Kier alpha value is -4.66. The number of benzene rings is 4. The van der Waals surface area contributed by atoms with Gasteiger partial charge in [0.1, 0.15) is 17.2 Å². The Morgan fingerprint density at radius 1 is 0.900 bits per heavy atom. The van der Waals surface area contributed by atoms with Crippen molar-refractivity contribution in [3.63, 3.8) is 0 Å². The van der Waals surface area contributed by atoms with Gasteiger partial charge in [0.2, 0.25) is 0 Å². The van der Waals surface area contributed by atoms with Crippen LogP contribution >= 0.6 is 22.9 Å². The number of carbonyl (C=O) groups is 2. The number of hydrazone groups is 1. The molecule has 1 heterocycles. The molecule has 0 aliphatic heterocycles. The van der Waals surface area contributed by atoms with E-state index in [0.717, 1.165) is 15.6 Å². The fourth-order valence-electron chi connectivity index (χ4n) is 3.88. The maximum Gasteiger partial charge on any atom is 0.355 e. The van der Waals surface area contributed by atoms with E-state index in [-0.39, 0.29) is 5.75 Å². The smallest absolute Gasteiger partial charge is 0.355 e. The molecule has 9 heteroatoms. The quantitative estimate of drug-likeness (QED) is 0.0882. The SMILES string of the molecule is COc1cc(/C=N/NC(=O)c2ccccc2OCc2ccccc2)ccc1OC(=O)c1sc2ccccc2c1Cl. The molecule has 0 bridgehead atoms. The summed E-state index contributed by atoms with van der Waals surface area (Å²) in [5, 5.41) is 5.22. The number of thiophene rings is 1. The average molecular weight is 571 g/mol. The van der Waals surface area contributed by atoms with Crippen LogP contribution in [0.2, 0.25) is 5.02 Å². The number of nitrogens with zero attached hydrogens (tertiary/aromatic N) is 1. The van der Waals surface area contributed by atoms with Crippen molar-refractivity contribution in [2.45, 2.75) is 6.61 Å². The lowest BCUT2D eigenvalue weighted by atomic mass is 10.2. The van der Waals surface area contributed by atoms with Gasteiger partial charge in [-0.25, -0.2) is 10.2 Å². The summed E-state index contributed by atoms with van der Waals surface area (Å²) >= 11 is 7.68. The molecule has 0 radical (unpaired) electrons. The number of fused-ring (bicyclic) bond motifs is 1. The lowest BCUT2D eigenvalue weighted by Gasteiger charge is -2.11. The summed E-state index contributed by atoms with van der Waals surface area (Å²) in [6.07, 6.45) is 1.46. The van der Waals surface area contributed by atoms with Crippen molar-refractivity contribution < 1.29 is 23.8 Å². The molecule has 0 fully saturated rings. The molecule has 40 heavy (non-hydrogen) atoms. The van der Waals surface area contributed by atoms with E-state index in [1.165, 1.54) is 24.7 Å². The van der Waals surface area contributed by atoms with Crippen molar-refractivity contribution in [2.24, 2.45) is 5.10 Å². The normalized spacial score (nSPS) is 10.9. The van der Waals surface area contributed by atoms with Gasteiger partial charge in [-0.2, -0.15) is 5.10 Å². The molecular weight excluding hydrogens is 548 g/mol. The molecule has 4 aromatic carbocycles. The largest absolute Gasteiger partial charge is 0.493 e. The van der Waals surface area contributed by atoms with E-state index in [1.807, 2.05) is 54.6 Å². The fraction of sp³-hybridized carbons (Fsp3) is 0.0645. The third kappa shape index (κ3) is 6.14. The second kappa shape index (κ2) is 12.5. The second-order valence-corrected chi connectivity index (χ2v) is 9.94. The first-order chi connectivity index (χ1) is 19.5. The number of hydrogen-bond acceptors (Lipinski definition) is 7. The zero-order chi connectivity index (χ0) is 27.9. The van der Waals surface area contributed by atoms with E-state index in [9.17, 15) is 9.59 Å². The zero-order valence-electron chi connectivity index (χ0n) is 21.3. The lowest BCUT2D eigenvalue weighted by molar-refractivity contribution is 0.0734. The van der Waals surface area contributed by atoms with E-state index < -0.39 is 11.9 Å². The molecule has 1 aromatic heterocycles. The third-order valence-corrected chi connectivity index (χ3v) is 7.51. The highest BCUT2D eigenvalue weighted by Gasteiger charge is 2.20. The van der Waals surface area contributed by atoms with Crippen molar-refractivity contribution in [1.82, 2.24) is 5.43 Å². The Morgan fingerprint density at radius 2 is 1.65 bits per heavy atom. The molecule has 1 N–H and O–H groups in total. The molecule has 5 rings (SSSR count). The predicted molar refractivity (Wildman–Crippen MR) is 157 cm³/mol. The van der Waals surface area contributed by atoms with Crippen molar-refractivity contribution in [3.8, 4) is 17.2 Å². The van der Waals surface area contributed by atoms with Gasteiger partial charge in [-0.3, -0.25) is 4.79 Å². The minimum Gasteiger partial charge on any atom is -0.493 e. The van der Waals surface area contributed by atoms with Crippen molar-refractivity contribution in [3.05, 3.63) is 124 Å². The Morgan fingerprint density at radius 3 is 2.45 bits per heavy atom. The number of methoxy groups -OCH3 is 1. The summed E-state index contributed by atoms with van der Waals surface area (Å²) in [5.74, 6) is 0.00168. The summed E-state index contributed by atoms with van der Waals surface area (Å²) in [5.41, 5.74) is 4.49. The van der Waals surface area contributed by atoms with Crippen LogP contribution in [0.1, 0.15) is 31.2 Å². The zero-order valence-corrected chi connectivity index (χ0v) is 22.9. The summed E-state index contributed by atoms with van der Waals surface area (Å²) in [4.78, 5) is 26.0. The summed E-state index contributed by atoms with van der Waals surface area (Å²) < 4.78 is 17.8. The number of ether oxygens (including phenoxy) is 3. The van der Waals surface area contributed by atoms with Gasteiger partial charge in [0, 0.05) is 10.1 Å². The number of rotatable bonds is 9. The third-order valence-electron chi connectivity index (χ3n) is 5.86. The average Bonchev–Trinajstić information content (AvgIpc) is 3.33. The molecule has 7 nitrogen and oxygen atoms in total. The Bertz CT molecular complexity index is 1700. The Balaban J connectivity index is 1.24. The molecule has 0 saturated carbocycles. The summed E-state index contributed by atoms with van der Waals surface area (Å²) in [6.45, 7) is 0.334. The first-order valence-electron chi connectivity index (χ1n) is 12.2. The highest BCUT2D eigenvalue weighted by atomic mass is 35.5. The first-order valence-corrected chi connectivity index (χ1v) is 13.4. The van der Waals surface area contributed by atoms with Crippen LogP contribution in [0.5, 0.6) is 17.2 Å². The van der Waals surface area contributed by atoms with E-state index in [0.29, 0.717) is 39.1 Å². The molecule has 0 atom stereocenters. The number of para-hydroxylation sites is 1. The van der Waals surface area contributed by atoms with E-state index in [1.54, 1.807) is 42.5 Å². The minimum atomic E-state index is -0.577. The minimum absolute atomic E-state index is 0.228. The molecule has 0 aliphatic carbocycles. The molecule has 0 aliphatic rings. The number of carbonyl (C=O) groups excluding carboxylic acids is 2. The maximum absolute atomic E-state index is 12.9. The molecular formula is C31H23ClN2O5S. The van der Waals surface area contributed by atoms with Crippen LogP contribution in [0, 0.1) is 0 Å². The van der Waals surface area contributed by atoms with Crippen molar-refractivity contribution in [1.29, 1.82) is 0 Å². The van der Waals surface area contributed by atoms with Gasteiger partial charge in [0.15, 0.2) is 11.5 Å². The van der Waals surface area contributed by atoms with E-state index in [4.69, 9.17) is 25.8 Å².